The molecule has 2 aromatic heterocycles. The zero-order valence-corrected chi connectivity index (χ0v) is 23.4. The first-order chi connectivity index (χ1) is 19.3. The number of ether oxygens (including phenoxy) is 3. The molecular formula is C30H35N5O5. The third kappa shape index (κ3) is 6.75. The molecule has 3 heterocycles. The smallest absolute Gasteiger partial charge is 0.230 e. The standard InChI is InChI=1S/C30H35N5O5/c1-30(2,3)27-18-28(34-40-27)33-29(36)15-20-5-7-21(8-6-20)24-19-31-22-16-26(25(37-4)17-23(22)32-24)39-14-11-35-9-12-38-13-10-35/h5-8,16-19H,9-15H2,1-4H3,(H,33,34,36). The third-order valence-corrected chi connectivity index (χ3v) is 6.73. The summed E-state index contributed by atoms with van der Waals surface area (Å²) in [7, 11) is 1.62. The molecule has 2 aromatic carbocycles. The van der Waals surface area contributed by atoms with Crippen molar-refractivity contribution in [3.8, 4) is 22.8 Å². The Bertz CT molecular complexity index is 1460. The van der Waals surface area contributed by atoms with E-state index < -0.39 is 0 Å². The molecule has 10 heteroatoms. The van der Waals surface area contributed by atoms with Gasteiger partial charge in [-0.1, -0.05) is 50.2 Å². The Morgan fingerprint density at radius 1 is 1.05 bits per heavy atom. The number of morpholine rings is 1. The lowest BCUT2D eigenvalue weighted by Crippen LogP contribution is -2.38. The number of benzene rings is 2. The molecule has 0 radical (unpaired) electrons. The molecule has 1 fully saturated rings. The first-order valence-corrected chi connectivity index (χ1v) is 13.4. The highest BCUT2D eigenvalue weighted by Gasteiger charge is 2.20. The second kappa shape index (κ2) is 12.0. The van der Waals surface area contributed by atoms with Crippen LogP contribution >= 0.6 is 0 Å². The first kappa shape index (κ1) is 27.5. The lowest BCUT2D eigenvalue weighted by Gasteiger charge is -2.26. The minimum absolute atomic E-state index is 0.165. The largest absolute Gasteiger partial charge is 0.493 e. The van der Waals surface area contributed by atoms with Crippen molar-refractivity contribution in [2.45, 2.75) is 32.6 Å². The van der Waals surface area contributed by atoms with Crippen LogP contribution < -0.4 is 14.8 Å². The van der Waals surface area contributed by atoms with E-state index in [-0.39, 0.29) is 17.7 Å². The summed E-state index contributed by atoms with van der Waals surface area (Å²) in [4.78, 5) is 24.3. The highest BCUT2D eigenvalue weighted by Crippen LogP contribution is 2.32. The van der Waals surface area contributed by atoms with Gasteiger partial charge in [0.05, 0.1) is 49.7 Å². The van der Waals surface area contributed by atoms with Gasteiger partial charge >= 0.3 is 0 Å². The van der Waals surface area contributed by atoms with Gasteiger partial charge in [-0.2, -0.15) is 0 Å². The van der Waals surface area contributed by atoms with Gasteiger partial charge in [0.2, 0.25) is 5.91 Å². The molecule has 1 amide bonds. The van der Waals surface area contributed by atoms with E-state index in [1.807, 2.05) is 57.2 Å². The quantitative estimate of drug-likeness (QED) is 0.325. The fourth-order valence-electron chi connectivity index (χ4n) is 4.39. The molecule has 4 aromatic rings. The van der Waals surface area contributed by atoms with Crippen LogP contribution in [-0.2, 0) is 21.4 Å². The lowest BCUT2D eigenvalue weighted by molar-refractivity contribution is -0.115. The summed E-state index contributed by atoms with van der Waals surface area (Å²) in [5.41, 5.74) is 3.75. The van der Waals surface area contributed by atoms with Gasteiger partial charge in [0.1, 0.15) is 12.4 Å². The number of nitrogens with zero attached hydrogens (tertiary/aromatic N) is 4. The number of nitrogens with one attached hydrogen (secondary N) is 1. The number of anilines is 1. The van der Waals surface area contributed by atoms with Crippen LogP contribution in [0.5, 0.6) is 11.5 Å². The maximum Gasteiger partial charge on any atom is 0.230 e. The number of hydrogen-bond acceptors (Lipinski definition) is 9. The SMILES string of the molecule is COc1cc2nc(-c3ccc(CC(=O)Nc4cc(C(C)(C)C)on4)cc3)cnc2cc1OCCN1CCOCC1. The Balaban J connectivity index is 1.22. The van der Waals surface area contributed by atoms with Gasteiger partial charge in [0.15, 0.2) is 17.3 Å². The van der Waals surface area contributed by atoms with Gasteiger partial charge < -0.3 is 24.1 Å². The monoisotopic (exact) mass is 545 g/mol. The predicted octanol–water partition coefficient (Wildman–Crippen LogP) is 4.48. The number of aromatic nitrogens is 3. The van der Waals surface area contributed by atoms with Crippen LogP contribution in [0.25, 0.3) is 22.3 Å². The topological polar surface area (TPSA) is 112 Å². The summed E-state index contributed by atoms with van der Waals surface area (Å²) in [5.74, 6) is 2.23. The molecule has 0 unspecified atom stereocenters. The number of amides is 1. The van der Waals surface area contributed by atoms with Crippen LogP contribution in [0, 0.1) is 0 Å². The predicted molar refractivity (Wildman–Crippen MR) is 152 cm³/mol. The Morgan fingerprint density at radius 2 is 1.80 bits per heavy atom. The van der Waals surface area contributed by atoms with Gasteiger partial charge in [0.25, 0.3) is 0 Å². The van der Waals surface area contributed by atoms with Crippen molar-refractivity contribution in [1.82, 2.24) is 20.0 Å². The Kier molecular flexibility index (Phi) is 8.27. The Morgan fingerprint density at radius 3 is 2.50 bits per heavy atom. The van der Waals surface area contributed by atoms with Gasteiger partial charge in [0, 0.05) is 48.8 Å². The van der Waals surface area contributed by atoms with Crippen LogP contribution in [0.15, 0.2) is 53.2 Å². The Hall–Kier alpha value is -4.02. The zero-order valence-electron chi connectivity index (χ0n) is 23.4. The van der Waals surface area contributed by atoms with Gasteiger partial charge in [-0.25, -0.2) is 4.98 Å². The second-order valence-electron chi connectivity index (χ2n) is 10.8. The van der Waals surface area contributed by atoms with Gasteiger partial charge in [-0.3, -0.25) is 14.7 Å². The van der Waals surface area contributed by atoms with Gasteiger partial charge in [-0.05, 0) is 5.56 Å². The highest BCUT2D eigenvalue weighted by atomic mass is 16.5. The van der Waals surface area contributed by atoms with Crippen molar-refractivity contribution < 1.29 is 23.5 Å². The van der Waals surface area contributed by atoms with Crippen molar-refractivity contribution in [2.24, 2.45) is 0 Å². The van der Waals surface area contributed by atoms with E-state index in [2.05, 4.69) is 20.4 Å². The molecule has 1 aliphatic rings. The van der Waals surface area contributed by atoms with Crippen LogP contribution in [0.1, 0.15) is 32.1 Å². The van der Waals surface area contributed by atoms with E-state index in [1.165, 1.54) is 0 Å². The summed E-state index contributed by atoms with van der Waals surface area (Å²) in [6, 6.07) is 13.2. The van der Waals surface area contributed by atoms with Crippen molar-refractivity contribution in [3.63, 3.8) is 0 Å². The zero-order chi connectivity index (χ0) is 28.1. The first-order valence-electron chi connectivity index (χ1n) is 13.4. The van der Waals surface area contributed by atoms with E-state index in [4.69, 9.17) is 23.7 Å². The van der Waals surface area contributed by atoms with E-state index in [0.29, 0.717) is 35.2 Å². The minimum Gasteiger partial charge on any atom is -0.493 e. The normalized spacial score (nSPS) is 14.3. The molecule has 210 valence electrons. The average molecular weight is 546 g/mol. The van der Waals surface area contributed by atoms with Crippen molar-refractivity contribution >= 4 is 22.8 Å². The summed E-state index contributed by atoms with van der Waals surface area (Å²) < 4.78 is 22.4. The number of carbonyl (C=O) groups excluding carboxylic acids is 1. The van der Waals surface area contributed by atoms with Crippen LogP contribution in [0.4, 0.5) is 5.82 Å². The van der Waals surface area contributed by atoms with E-state index in [9.17, 15) is 4.79 Å². The summed E-state index contributed by atoms with van der Waals surface area (Å²) in [5, 5.41) is 6.75. The molecule has 5 rings (SSSR count). The van der Waals surface area contributed by atoms with Crippen LogP contribution in [-0.4, -0.2) is 72.5 Å². The highest BCUT2D eigenvalue weighted by molar-refractivity contribution is 5.91. The second-order valence-corrected chi connectivity index (χ2v) is 10.8. The Labute approximate surface area is 233 Å². The molecule has 1 saturated heterocycles. The molecule has 1 N–H and O–H groups in total. The third-order valence-electron chi connectivity index (χ3n) is 6.73. The van der Waals surface area contributed by atoms with Gasteiger partial charge in [-0.15, -0.1) is 0 Å². The number of carbonyl (C=O) groups is 1. The molecule has 0 atom stereocenters. The minimum atomic E-state index is -0.179. The summed E-state index contributed by atoms with van der Waals surface area (Å²) in [6.45, 7) is 10.8. The van der Waals surface area contributed by atoms with Crippen molar-refractivity contribution in [3.05, 3.63) is 60.0 Å². The summed E-state index contributed by atoms with van der Waals surface area (Å²) >= 11 is 0. The molecule has 0 spiro atoms. The van der Waals surface area contributed by atoms with E-state index >= 15 is 0 Å². The summed E-state index contributed by atoms with van der Waals surface area (Å²) in [6.07, 6.45) is 1.96. The average Bonchev–Trinajstić information content (AvgIpc) is 3.42. The van der Waals surface area contributed by atoms with Crippen LogP contribution in [0.3, 0.4) is 0 Å². The van der Waals surface area contributed by atoms with Crippen molar-refractivity contribution in [2.75, 3.05) is 51.9 Å². The lowest BCUT2D eigenvalue weighted by atomic mass is 9.93. The molecule has 40 heavy (non-hydrogen) atoms. The maximum absolute atomic E-state index is 12.5. The molecule has 0 saturated carbocycles. The molecule has 0 bridgehead atoms. The fraction of sp³-hybridized carbons (Fsp3) is 0.400. The van der Waals surface area contributed by atoms with Crippen LogP contribution in [0.2, 0.25) is 0 Å². The molecule has 10 nitrogen and oxygen atoms in total. The number of fused-ring (bicyclic) bond motifs is 1. The molecular weight excluding hydrogens is 510 g/mol. The van der Waals surface area contributed by atoms with E-state index in [0.717, 1.165) is 55.2 Å². The number of hydrogen-bond donors (Lipinski definition) is 1. The van der Waals surface area contributed by atoms with E-state index in [1.54, 1.807) is 19.4 Å². The number of rotatable bonds is 9. The molecule has 1 aliphatic heterocycles. The maximum atomic E-state index is 12.5. The fourth-order valence-corrected chi connectivity index (χ4v) is 4.39. The molecule has 0 aliphatic carbocycles. The van der Waals surface area contributed by atoms with Crippen molar-refractivity contribution in [1.29, 1.82) is 0 Å². The number of methoxy groups -OCH3 is 1.